The summed E-state index contributed by atoms with van der Waals surface area (Å²) in [6.45, 7) is 3.96. The van der Waals surface area contributed by atoms with Crippen LogP contribution in [0.4, 0.5) is 18.9 Å². The van der Waals surface area contributed by atoms with Gasteiger partial charge in [-0.1, -0.05) is 6.07 Å². The van der Waals surface area contributed by atoms with Crippen LogP contribution in [0.25, 0.3) is 5.69 Å². The van der Waals surface area contributed by atoms with Gasteiger partial charge in [0.1, 0.15) is 0 Å². The van der Waals surface area contributed by atoms with Gasteiger partial charge in [0.25, 0.3) is 0 Å². The van der Waals surface area contributed by atoms with Gasteiger partial charge in [-0.15, -0.1) is 0 Å². The first-order chi connectivity index (χ1) is 10.4. The first-order valence-corrected chi connectivity index (χ1v) is 7.57. The Bertz CT molecular complexity index is 652. The Morgan fingerprint density at radius 1 is 0.955 bits per heavy atom. The second kappa shape index (κ2) is 5.71. The van der Waals surface area contributed by atoms with Gasteiger partial charge in [0.15, 0.2) is 0 Å². The second-order valence-electron chi connectivity index (χ2n) is 5.81. The largest absolute Gasteiger partial charge is 0.416 e. The number of piperidine rings is 1. The van der Waals surface area contributed by atoms with Gasteiger partial charge in [0.05, 0.1) is 11.3 Å². The Morgan fingerprint density at radius 3 is 2.36 bits per heavy atom. The van der Waals surface area contributed by atoms with E-state index in [1.165, 1.54) is 31.4 Å². The number of aryl methyl sites for hydroxylation is 1. The van der Waals surface area contributed by atoms with E-state index in [0.29, 0.717) is 5.69 Å². The molecule has 0 unspecified atom stereocenters. The molecule has 3 rings (SSSR count). The maximum Gasteiger partial charge on any atom is 0.416 e. The van der Waals surface area contributed by atoms with Gasteiger partial charge in [-0.2, -0.15) is 13.2 Å². The van der Waals surface area contributed by atoms with Crippen molar-refractivity contribution in [3.8, 4) is 5.69 Å². The van der Waals surface area contributed by atoms with E-state index < -0.39 is 11.7 Å². The van der Waals surface area contributed by atoms with E-state index in [-0.39, 0.29) is 0 Å². The molecule has 1 aliphatic heterocycles. The molecule has 1 aromatic carbocycles. The molecule has 1 saturated heterocycles. The molecule has 0 atom stereocenters. The van der Waals surface area contributed by atoms with Crippen LogP contribution in [0.2, 0.25) is 0 Å². The molecule has 0 saturated carbocycles. The molecule has 2 nitrogen and oxygen atoms in total. The van der Waals surface area contributed by atoms with Crippen molar-refractivity contribution in [1.82, 2.24) is 4.57 Å². The van der Waals surface area contributed by atoms with Crippen LogP contribution in [0, 0.1) is 6.92 Å². The average Bonchev–Trinajstić information content (AvgIpc) is 2.89. The zero-order chi connectivity index (χ0) is 15.7. The molecule has 5 heteroatoms. The van der Waals surface area contributed by atoms with E-state index in [1.54, 1.807) is 6.07 Å². The van der Waals surface area contributed by atoms with Crippen molar-refractivity contribution in [2.24, 2.45) is 0 Å². The van der Waals surface area contributed by atoms with Crippen molar-refractivity contribution >= 4 is 5.69 Å². The lowest BCUT2D eigenvalue weighted by Gasteiger charge is -2.27. The summed E-state index contributed by atoms with van der Waals surface area (Å²) in [6.07, 6.45) is 1.23. The number of nitrogens with zero attached hydrogens (tertiary/aromatic N) is 2. The minimum absolute atomic E-state index is 0.551. The Labute approximate surface area is 128 Å². The van der Waals surface area contributed by atoms with Gasteiger partial charge in [-0.3, -0.25) is 0 Å². The molecule has 0 amide bonds. The second-order valence-corrected chi connectivity index (χ2v) is 5.81. The molecule has 2 heterocycles. The summed E-state index contributed by atoms with van der Waals surface area (Å²) < 4.78 is 40.4. The fourth-order valence-corrected chi connectivity index (χ4v) is 2.99. The molecule has 0 bridgehead atoms. The lowest BCUT2D eigenvalue weighted by atomic mass is 10.1. The molecular formula is C17H19F3N2. The summed E-state index contributed by atoms with van der Waals surface area (Å²) in [7, 11) is 0. The molecule has 1 aromatic heterocycles. The lowest BCUT2D eigenvalue weighted by molar-refractivity contribution is -0.137. The van der Waals surface area contributed by atoms with Crippen LogP contribution < -0.4 is 4.90 Å². The maximum atomic E-state index is 12.9. The molecule has 0 N–H and O–H groups in total. The van der Waals surface area contributed by atoms with Gasteiger partial charge in [-0.25, -0.2) is 0 Å². The molecule has 1 aliphatic rings. The van der Waals surface area contributed by atoms with Crippen molar-refractivity contribution in [2.45, 2.75) is 32.4 Å². The Kier molecular flexibility index (Phi) is 3.89. The van der Waals surface area contributed by atoms with E-state index in [4.69, 9.17) is 0 Å². The summed E-state index contributed by atoms with van der Waals surface area (Å²) in [4.78, 5) is 2.31. The molecule has 22 heavy (non-hydrogen) atoms. The van der Waals surface area contributed by atoms with Crippen LogP contribution in [0.3, 0.4) is 0 Å². The first kappa shape index (κ1) is 15.0. The number of anilines is 1. The van der Waals surface area contributed by atoms with Gasteiger partial charge in [0, 0.05) is 30.7 Å². The van der Waals surface area contributed by atoms with Crippen molar-refractivity contribution in [2.75, 3.05) is 18.0 Å². The highest BCUT2D eigenvalue weighted by atomic mass is 19.4. The average molecular weight is 308 g/mol. The van der Waals surface area contributed by atoms with Crippen LogP contribution in [-0.4, -0.2) is 17.7 Å². The summed E-state index contributed by atoms with van der Waals surface area (Å²) in [5.74, 6) is 0. The van der Waals surface area contributed by atoms with Gasteiger partial charge >= 0.3 is 6.18 Å². The van der Waals surface area contributed by atoms with Crippen molar-refractivity contribution in [3.63, 3.8) is 0 Å². The smallest absolute Gasteiger partial charge is 0.370 e. The van der Waals surface area contributed by atoms with Gasteiger partial charge < -0.3 is 9.47 Å². The van der Waals surface area contributed by atoms with E-state index in [9.17, 15) is 13.2 Å². The molecule has 0 radical (unpaired) electrons. The third kappa shape index (κ3) is 2.98. The quantitative estimate of drug-likeness (QED) is 0.774. The van der Waals surface area contributed by atoms with Crippen LogP contribution in [0.1, 0.15) is 30.5 Å². The van der Waals surface area contributed by atoms with Crippen LogP contribution >= 0.6 is 0 Å². The normalized spacial score (nSPS) is 16.1. The highest BCUT2D eigenvalue weighted by molar-refractivity contribution is 5.52. The fourth-order valence-electron chi connectivity index (χ4n) is 2.99. The topological polar surface area (TPSA) is 8.17 Å². The zero-order valence-corrected chi connectivity index (χ0v) is 12.5. The van der Waals surface area contributed by atoms with Crippen molar-refractivity contribution in [3.05, 3.63) is 47.8 Å². The third-order valence-corrected chi connectivity index (χ3v) is 4.17. The first-order valence-electron chi connectivity index (χ1n) is 7.57. The van der Waals surface area contributed by atoms with E-state index in [0.717, 1.165) is 30.5 Å². The lowest BCUT2D eigenvalue weighted by Crippen LogP contribution is -2.28. The number of hydrogen-bond acceptors (Lipinski definition) is 1. The van der Waals surface area contributed by atoms with E-state index >= 15 is 0 Å². The molecule has 0 spiro atoms. The minimum Gasteiger partial charge on any atom is -0.370 e. The Hall–Kier alpha value is -1.91. The standard InChI is InChI=1S/C17H19F3N2/c1-13-10-16(21-8-3-2-4-9-21)12-22(13)15-7-5-6-14(11-15)17(18,19)20/h5-7,10-12H,2-4,8-9H2,1H3. The number of hydrogen-bond donors (Lipinski definition) is 0. The van der Waals surface area contributed by atoms with E-state index in [1.807, 2.05) is 23.8 Å². The fraction of sp³-hybridized carbons (Fsp3) is 0.412. The van der Waals surface area contributed by atoms with Crippen molar-refractivity contribution < 1.29 is 13.2 Å². The predicted molar refractivity (Wildman–Crippen MR) is 81.6 cm³/mol. The number of aromatic nitrogens is 1. The summed E-state index contributed by atoms with van der Waals surface area (Å²) >= 11 is 0. The highest BCUT2D eigenvalue weighted by Gasteiger charge is 2.30. The van der Waals surface area contributed by atoms with Crippen LogP contribution in [0.15, 0.2) is 36.5 Å². The monoisotopic (exact) mass is 308 g/mol. The number of halogens is 3. The third-order valence-electron chi connectivity index (χ3n) is 4.17. The summed E-state index contributed by atoms with van der Waals surface area (Å²) in [5.41, 5.74) is 1.97. The minimum atomic E-state index is -4.31. The van der Waals surface area contributed by atoms with Crippen LogP contribution in [-0.2, 0) is 6.18 Å². The van der Waals surface area contributed by atoms with E-state index in [2.05, 4.69) is 4.90 Å². The molecule has 0 aliphatic carbocycles. The molecule has 2 aromatic rings. The highest BCUT2D eigenvalue weighted by Crippen LogP contribution is 2.31. The van der Waals surface area contributed by atoms with Gasteiger partial charge in [-0.05, 0) is 50.5 Å². The summed E-state index contributed by atoms with van der Waals surface area (Å²) in [6, 6.07) is 7.52. The molecule has 118 valence electrons. The molecule has 1 fully saturated rings. The van der Waals surface area contributed by atoms with Gasteiger partial charge in [0.2, 0.25) is 0 Å². The van der Waals surface area contributed by atoms with Crippen LogP contribution in [0.5, 0.6) is 0 Å². The number of rotatable bonds is 2. The summed E-state index contributed by atoms with van der Waals surface area (Å²) in [5, 5.41) is 0. The SMILES string of the molecule is Cc1cc(N2CCCCC2)cn1-c1cccc(C(F)(F)F)c1. The number of alkyl halides is 3. The Balaban J connectivity index is 1.93. The predicted octanol–water partition coefficient (Wildman–Crippen LogP) is 4.79. The van der Waals surface area contributed by atoms with Crippen molar-refractivity contribution in [1.29, 1.82) is 0 Å². The number of benzene rings is 1. The molecular weight excluding hydrogens is 289 g/mol. The zero-order valence-electron chi connectivity index (χ0n) is 12.5. The Morgan fingerprint density at radius 2 is 1.68 bits per heavy atom. The maximum absolute atomic E-state index is 12.9.